The van der Waals surface area contributed by atoms with E-state index in [-0.39, 0.29) is 0 Å². The fraction of sp³-hybridized carbons (Fsp3) is 0.421. The number of hydrogen-bond donors (Lipinski definition) is 0. The number of aromatic nitrogens is 4. The maximum absolute atomic E-state index is 6.43. The van der Waals surface area contributed by atoms with Crippen molar-refractivity contribution < 1.29 is 0 Å². The molecule has 25 heavy (non-hydrogen) atoms. The van der Waals surface area contributed by atoms with Crippen molar-refractivity contribution in [2.24, 2.45) is 0 Å². The normalized spacial score (nSPS) is 18.8. The minimum atomic E-state index is 0.434. The predicted octanol–water partition coefficient (Wildman–Crippen LogP) is 3.77. The maximum Gasteiger partial charge on any atom is 0.252 e. The van der Waals surface area contributed by atoms with Gasteiger partial charge in [-0.3, -0.25) is 4.90 Å². The van der Waals surface area contributed by atoms with Crippen LogP contribution in [0.5, 0.6) is 0 Å². The van der Waals surface area contributed by atoms with Crippen LogP contribution in [-0.2, 0) is 6.54 Å². The van der Waals surface area contributed by atoms with Crippen LogP contribution in [0.25, 0.3) is 5.78 Å². The van der Waals surface area contributed by atoms with Gasteiger partial charge >= 0.3 is 0 Å². The standard InChI is InChI=1S/C19H22ClN5/c1-13-5-6-15(17(20)8-13)10-24-7-3-4-16(11-24)18-9-14(2)23-19-21-12-22-25(18)19/h5-6,8-9,12,16H,3-4,7,10-11H2,1-2H3. The number of fused-ring (bicyclic) bond motifs is 1. The smallest absolute Gasteiger partial charge is 0.252 e. The van der Waals surface area contributed by atoms with Crippen molar-refractivity contribution >= 4 is 17.4 Å². The molecule has 0 N–H and O–H groups in total. The molecular formula is C19H22ClN5. The van der Waals surface area contributed by atoms with Crippen molar-refractivity contribution in [1.82, 2.24) is 24.5 Å². The van der Waals surface area contributed by atoms with E-state index < -0.39 is 0 Å². The SMILES string of the molecule is Cc1ccc(CN2CCCC(c3cc(C)nc4ncnn34)C2)c(Cl)c1. The number of rotatable bonds is 3. The molecule has 1 aliphatic heterocycles. The van der Waals surface area contributed by atoms with E-state index in [0.717, 1.165) is 36.8 Å². The quantitative estimate of drug-likeness (QED) is 0.717. The van der Waals surface area contributed by atoms with Gasteiger partial charge in [0.25, 0.3) is 5.78 Å². The Bertz CT molecular complexity index is 904. The minimum absolute atomic E-state index is 0.434. The highest BCUT2D eigenvalue weighted by molar-refractivity contribution is 6.31. The van der Waals surface area contributed by atoms with Crippen molar-refractivity contribution in [3.05, 3.63) is 58.1 Å². The number of aryl methyl sites for hydroxylation is 2. The van der Waals surface area contributed by atoms with Gasteiger partial charge in [0.15, 0.2) is 0 Å². The monoisotopic (exact) mass is 355 g/mol. The summed E-state index contributed by atoms with van der Waals surface area (Å²) < 4.78 is 1.89. The summed E-state index contributed by atoms with van der Waals surface area (Å²) in [5.41, 5.74) is 4.60. The second-order valence-electron chi connectivity index (χ2n) is 6.96. The van der Waals surface area contributed by atoms with Crippen molar-refractivity contribution in [3.63, 3.8) is 0 Å². The summed E-state index contributed by atoms with van der Waals surface area (Å²) in [6.07, 6.45) is 3.92. The zero-order chi connectivity index (χ0) is 17.4. The lowest BCUT2D eigenvalue weighted by molar-refractivity contribution is 0.197. The fourth-order valence-corrected chi connectivity index (χ4v) is 4.01. The molecule has 130 valence electrons. The summed E-state index contributed by atoms with van der Waals surface area (Å²) in [4.78, 5) is 11.2. The average molecular weight is 356 g/mol. The van der Waals surface area contributed by atoms with E-state index in [9.17, 15) is 0 Å². The first kappa shape index (κ1) is 16.5. The summed E-state index contributed by atoms with van der Waals surface area (Å²) >= 11 is 6.43. The van der Waals surface area contributed by atoms with Crippen LogP contribution in [-0.4, -0.2) is 37.6 Å². The Kier molecular flexibility index (Phi) is 4.44. The van der Waals surface area contributed by atoms with E-state index in [1.807, 2.05) is 17.5 Å². The summed E-state index contributed by atoms with van der Waals surface area (Å²) in [5.74, 6) is 1.12. The lowest BCUT2D eigenvalue weighted by atomic mass is 9.93. The van der Waals surface area contributed by atoms with Gasteiger partial charge < -0.3 is 0 Å². The van der Waals surface area contributed by atoms with Crippen molar-refractivity contribution in [2.75, 3.05) is 13.1 Å². The molecule has 0 amide bonds. The van der Waals surface area contributed by atoms with Crippen LogP contribution < -0.4 is 0 Å². The van der Waals surface area contributed by atoms with Crippen LogP contribution >= 0.6 is 11.6 Å². The molecule has 1 fully saturated rings. The van der Waals surface area contributed by atoms with Crippen LogP contribution in [0.15, 0.2) is 30.6 Å². The molecule has 1 aliphatic rings. The highest BCUT2D eigenvalue weighted by Gasteiger charge is 2.24. The zero-order valence-corrected chi connectivity index (χ0v) is 15.4. The third kappa shape index (κ3) is 3.39. The predicted molar refractivity (Wildman–Crippen MR) is 99.0 cm³/mol. The molecule has 0 spiro atoms. The van der Waals surface area contributed by atoms with Gasteiger partial charge in [0.05, 0.1) is 5.69 Å². The van der Waals surface area contributed by atoms with Crippen molar-refractivity contribution in [2.45, 2.75) is 39.2 Å². The molecule has 3 heterocycles. The Balaban J connectivity index is 1.57. The molecular weight excluding hydrogens is 334 g/mol. The third-order valence-electron chi connectivity index (χ3n) is 4.93. The van der Waals surface area contributed by atoms with E-state index in [4.69, 9.17) is 11.6 Å². The maximum atomic E-state index is 6.43. The summed E-state index contributed by atoms with van der Waals surface area (Å²) in [6, 6.07) is 8.47. The molecule has 3 aromatic rings. The van der Waals surface area contributed by atoms with E-state index in [1.54, 1.807) is 6.33 Å². The number of halogens is 1. The molecule has 2 aromatic heterocycles. The van der Waals surface area contributed by atoms with Crippen molar-refractivity contribution in [3.8, 4) is 0 Å². The van der Waals surface area contributed by atoms with Gasteiger partial charge in [0.2, 0.25) is 0 Å². The fourth-order valence-electron chi connectivity index (χ4n) is 3.71. The van der Waals surface area contributed by atoms with Crippen LogP contribution in [0.2, 0.25) is 5.02 Å². The Labute approximate surface area is 152 Å². The molecule has 1 aromatic carbocycles. The van der Waals surface area contributed by atoms with Crippen LogP contribution in [0.3, 0.4) is 0 Å². The molecule has 5 nitrogen and oxygen atoms in total. The zero-order valence-electron chi connectivity index (χ0n) is 14.6. The van der Waals surface area contributed by atoms with Crippen LogP contribution in [0.1, 0.15) is 41.3 Å². The highest BCUT2D eigenvalue weighted by Crippen LogP contribution is 2.29. The van der Waals surface area contributed by atoms with Crippen molar-refractivity contribution in [1.29, 1.82) is 0 Å². The number of hydrogen-bond acceptors (Lipinski definition) is 4. The molecule has 6 heteroatoms. The summed E-state index contributed by atoms with van der Waals surface area (Å²) in [6.45, 7) is 7.08. The van der Waals surface area contributed by atoms with Gasteiger partial charge in [-0.1, -0.05) is 23.7 Å². The molecule has 0 bridgehead atoms. The van der Waals surface area contributed by atoms with Gasteiger partial charge in [-0.15, -0.1) is 0 Å². The summed E-state index contributed by atoms with van der Waals surface area (Å²) in [7, 11) is 0. The van der Waals surface area contributed by atoms with Gasteiger partial charge in [-0.2, -0.15) is 10.1 Å². The van der Waals surface area contributed by atoms with Gasteiger partial charge in [0.1, 0.15) is 6.33 Å². The van der Waals surface area contributed by atoms with Gasteiger partial charge in [-0.05, 0) is 56.5 Å². The second kappa shape index (κ2) is 6.73. The lowest BCUT2D eigenvalue weighted by Gasteiger charge is -2.33. The van der Waals surface area contributed by atoms with E-state index in [2.05, 4.69) is 45.1 Å². The molecule has 0 saturated carbocycles. The molecule has 1 atom stereocenters. The number of nitrogens with zero attached hydrogens (tertiary/aromatic N) is 5. The number of likely N-dealkylation sites (tertiary alicyclic amines) is 1. The average Bonchev–Trinajstić information content (AvgIpc) is 3.05. The molecule has 1 saturated heterocycles. The second-order valence-corrected chi connectivity index (χ2v) is 7.37. The Morgan fingerprint density at radius 1 is 1.24 bits per heavy atom. The number of benzene rings is 1. The Morgan fingerprint density at radius 2 is 2.12 bits per heavy atom. The summed E-state index contributed by atoms with van der Waals surface area (Å²) in [5, 5.41) is 5.23. The molecule has 0 aliphatic carbocycles. The Morgan fingerprint density at radius 3 is 2.96 bits per heavy atom. The lowest BCUT2D eigenvalue weighted by Crippen LogP contribution is -2.34. The van der Waals surface area contributed by atoms with E-state index in [0.29, 0.717) is 11.7 Å². The first-order valence-corrected chi connectivity index (χ1v) is 9.12. The third-order valence-corrected chi connectivity index (χ3v) is 5.29. The molecule has 4 rings (SSSR count). The van der Waals surface area contributed by atoms with Gasteiger partial charge in [-0.25, -0.2) is 9.50 Å². The Hall–Kier alpha value is -1.98. The largest absolute Gasteiger partial charge is 0.298 e. The van der Waals surface area contributed by atoms with E-state index in [1.165, 1.54) is 23.2 Å². The van der Waals surface area contributed by atoms with Crippen LogP contribution in [0.4, 0.5) is 0 Å². The number of piperidine rings is 1. The van der Waals surface area contributed by atoms with E-state index >= 15 is 0 Å². The minimum Gasteiger partial charge on any atom is -0.298 e. The van der Waals surface area contributed by atoms with Crippen LogP contribution in [0, 0.1) is 13.8 Å². The molecule has 1 unspecified atom stereocenters. The molecule has 0 radical (unpaired) electrons. The highest BCUT2D eigenvalue weighted by atomic mass is 35.5. The first-order valence-electron chi connectivity index (χ1n) is 8.75. The van der Waals surface area contributed by atoms with Gasteiger partial charge in [0, 0.05) is 29.7 Å². The topological polar surface area (TPSA) is 46.3 Å². The first-order chi connectivity index (χ1) is 12.1.